The van der Waals surface area contributed by atoms with Crippen molar-refractivity contribution in [2.24, 2.45) is 5.73 Å². The number of hydrogen-bond acceptors (Lipinski definition) is 3. The Morgan fingerprint density at radius 2 is 2.23 bits per heavy atom. The predicted molar refractivity (Wildman–Crippen MR) is 56.4 cm³/mol. The van der Waals surface area contributed by atoms with Gasteiger partial charge in [-0.25, -0.2) is 0 Å². The first-order valence-electron chi connectivity index (χ1n) is 4.21. The second kappa shape index (κ2) is 3.77. The Hall–Kier alpha value is -1.06. The molecule has 0 aliphatic rings. The molecule has 2 N–H and O–H groups in total. The first-order valence-corrected chi connectivity index (χ1v) is 5.09. The maximum absolute atomic E-state index is 5.51. The van der Waals surface area contributed by atoms with E-state index in [-0.39, 0.29) is 0 Å². The smallest absolute Gasteiger partial charge is 0.137 e. The maximum Gasteiger partial charge on any atom is 0.137 e. The SMILES string of the molecule is NCCOc1cccc2ccsc12. The minimum atomic E-state index is 0.557. The Labute approximate surface area is 80.9 Å². The molecule has 1 aromatic carbocycles. The van der Waals surface area contributed by atoms with Crippen molar-refractivity contribution in [3.63, 3.8) is 0 Å². The van der Waals surface area contributed by atoms with E-state index in [0.29, 0.717) is 13.2 Å². The number of fused-ring (bicyclic) bond motifs is 1. The fourth-order valence-corrected chi connectivity index (χ4v) is 2.11. The van der Waals surface area contributed by atoms with Crippen LogP contribution in [0.4, 0.5) is 0 Å². The Morgan fingerprint density at radius 3 is 3.08 bits per heavy atom. The van der Waals surface area contributed by atoms with Gasteiger partial charge in [-0.05, 0) is 22.9 Å². The third-order valence-corrected chi connectivity index (χ3v) is 2.76. The highest BCUT2D eigenvalue weighted by Crippen LogP contribution is 2.30. The average molecular weight is 193 g/mol. The van der Waals surface area contributed by atoms with Crippen LogP contribution in [0.3, 0.4) is 0 Å². The van der Waals surface area contributed by atoms with Crippen molar-refractivity contribution in [2.45, 2.75) is 0 Å². The summed E-state index contributed by atoms with van der Waals surface area (Å²) in [4.78, 5) is 0. The molecule has 0 radical (unpaired) electrons. The molecule has 3 heteroatoms. The monoisotopic (exact) mass is 193 g/mol. The van der Waals surface area contributed by atoms with E-state index in [9.17, 15) is 0 Å². The molecule has 0 bridgehead atoms. The number of benzene rings is 1. The molecule has 1 aromatic heterocycles. The summed E-state index contributed by atoms with van der Waals surface area (Å²) in [6.07, 6.45) is 0. The van der Waals surface area contributed by atoms with E-state index in [0.717, 1.165) is 5.75 Å². The van der Waals surface area contributed by atoms with Crippen LogP contribution in [-0.2, 0) is 0 Å². The van der Waals surface area contributed by atoms with Gasteiger partial charge in [-0.1, -0.05) is 12.1 Å². The van der Waals surface area contributed by atoms with E-state index in [4.69, 9.17) is 10.5 Å². The number of hydrogen-bond donors (Lipinski definition) is 1. The lowest BCUT2D eigenvalue weighted by molar-refractivity contribution is 0.332. The van der Waals surface area contributed by atoms with Crippen LogP contribution in [0.1, 0.15) is 0 Å². The lowest BCUT2D eigenvalue weighted by Crippen LogP contribution is -2.10. The predicted octanol–water partition coefficient (Wildman–Crippen LogP) is 2.24. The Morgan fingerprint density at radius 1 is 1.31 bits per heavy atom. The van der Waals surface area contributed by atoms with Crippen molar-refractivity contribution < 1.29 is 4.74 Å². The molecule has 0 fully saturated rings. The zero-order valence-corrected chi connectivity index (χ0v) is 8.01. The normalized spacial score (nSPS) is 10.5. The van der Waals surface area contributed by atoms with Crippen LogP contribution >= 0.6 is 11.3 Å². The summed E-state index contributed by atoms with van der Waals surface area (Å²) >= 11 is 1.70. The standard InChI is InChI=1S/C10H11NOS/c11-5-6-12-9-3-1-2-8-4-7-13-10(8)9/h1-4,7H,5-6,11H2. The molecule has 0 saturated carbocycles. The van der Waals surface area contributed by atoms with Gasteiger partial charge in [0.2, 0.25) is 0 Å². The van der Waals surface area contributed by atoms with Crippen molar-refractivity contribution in [1.29, 1.82) is 0 Å². The van der Waals surface area contributed by atoms with Gasteiger partial charge in [0.25, 0.3) is 0 Å². The molecule has 0 amide bonds. The zero-order chi connectivity index (χ0) is 9.10. The third-order valence-electron chi connectivity index (χ3n) is 1.82. The molecule has 0 aliphatic heterocycles. The molecule has 0 aliphatic carbocycles. The van der Waals surface area contributed by atoms with Crippen molar-refractivity contribution in [3.05, 3.63) is 29.6 Å². The van der Waals surface area contributed by atoms with Gasteiger partial charge in [0.1, 0.15) is 12.4 Å². The summed E-state index contributed by atoms with van der Waals surface area (Å²) in [7, 11) is 0. The molecular weight excluding hydrogens is 182 g/mol. The highest BCUT2D eigenvalue weighted by atomic mass is 32.1. The molecule has 2 aromatic rings. The number of ether oxygens (including phenoxy) is 1. The molecule has 2 nitrogen and oxygen atoms in total. The fraction of sp³-hybridized carbons (Fsp3) is 0.200. The lowest BCUT2D eigenvalue weighted by atomic mass is 10.2. The molecule has 1 heterocycles. The second-order valence-electron chi connectivity index (χ2n) is 2.73. The number of thiophene rings is 1. The average Bonchev–Trinajstić information content (AvgIpc) is 2.62. The van der Waals surface area contributed by atoms with E-state index >= 15 is 0 Å². The van der Waals surface area contributed by atoms with Gasteiger partial charge in [0, 0.05) is 6.54 Å². The van der Waals surface area contributed by atoms with E-state index in [1.165, 1.54) is 10.1 Å². The minimum Gasteiger partial charge on any atom is -0.491 e. The lowest BCUT2D eigenvalue weighted by Gasteiger charge is -2.04. The van der Waals surface area contributed by atoms with Gasteiger partial charge in [0.05, 0.1) is 4.70 Å². The minimum absolute atomic E-state index is 0.557. The third kappa shape index (κ3) is 1.66. The summed E-state index contributed by atoms with van der Waals surface area (Å²) in [6.45, 7) is 1.14. The largest absolute Gasteiger partial charge is 0.491 e. The van der Waals surface area contributed by atoms with Gasteiger partial charge in [-0.2, -0.15) is 0 Å². The van der Waals surface area contributed by atoms with Crippen molar-refractivity contribution in [2.75, 3.05) is 13.2 Å². The van der Waals surface area contributed by atoms with Crippen LogP contribution < -0.4 is 10.5 Å². The molecule has 68 valence electrons. The number of nitrogens with two attached hydrogens (primary N) is 1. The first-order chi connectivity index (χ1) is 6.42. The Kier molecular flexibility index (Phi) is 2.47. The van der Waals surface area contributed by atoms with Gasteiger partial charge in [-0.3, -0.25) is 0 Å². The van der Waals surface area contributed by atoms with Crippen LogP contribution in [0.5, 0.6) is 5.75 Å². The highest BCUT2D eigenvalue weighted by Gasteiger charge is 2.01. The summed E-state index contributed by atoms with van der Waals surface area (Å²) in [5, 5.41) is 3.31. The summed E-state index contributed by atoms with van der Waals surface area (Å²) in [5.41, 5.74) is 5.37. The van der Waals surface area contributed by atoms with Crippen LogP contribution in [0.2, 0.25) is 0 Å². The van der Waals surface area contributed by atoms with Gasteiger partial charge >= 0.3 is 0 Å². The van der Waals surface area contributed by atoms with Gasteiger partial charge < -0.3 is 10.5 Å². The Bertz CT molecular complexity index is 396. The molecule has 13 heavy (non-hydrogen) atoms. The van der Waals surface area contributed by atoms with Crippen LogP contribution in [0.25, 0.3) is 10.1 Å². The first kappa shape index (κ1) is 8.53. The molecular formula is C10H11NOS. The summed E-state index contributed by atoms with van der Waals surface area (Å²) < 4.78 is 6.72. The van der Waals surface area contributed by atoms with Crippen LogP contribution in [0, 0.1) is 0 Å². The quantitative estimate of drug-likeness (QED) is 0.811. The van der Waals surface area contributed by atoms with E-state index in [1.807, 2.05) is 12.1 Å². The van der Waals surface area contributed by atoms with Gasteiger partial charge in [-0.15, -0.1) is 11.3 Å². The molecule has 2 rings (SSSR count). The maximum atomic E-state index is 5.51. The van der Waals surface area contributed by atoms with E-state index in [2.05, 4.69) is 17.5 Å². The molecule has 0 unspecified atom stereocenters. The molecule has 0 spiro atoms. The Balaban J connectivity index is 2.37. The van der Waals surface area contributed by atoms with Crippen molar-refractivity contribution in [3.8, 4) is 5.75 Å². The van der Waals surface area contributed by atoms with E-state index < -0.39 is 0 Å². The highest BCUT2D eigenvalue weighted by molar-refractivity contribution is 7.17. The van der Waals surface area contributed by atoms with Crippen LogP contribution in [-0.4, -0.2) is 13.2 Å². The summed E-state index contributed by atoms with van der Waals surface area (Å²) in [6, 6.07) is 8.16. The molecule has 0 saturated heterocycles. The molecule has 0 atom stereocenters. The van der Waals surface area contributed by atoms with Crippen molar-refractivity contribution >= 4 is 21.4 Å². The zero-order valence-electron chi connectivity index (χ0n) is 7.19. The van der Waals surface area contributed by atoms with Crippen LogP contribution in [0.15, 0.2) is 29.6 Å². The fourth-order valence-electron chi connectivity index (χ4n) is 1.25. The summed E-state index contributed by atoms with van der Waals surface area (Å²) in [5.74, 6) is 0.943. The topological polar surface area (TPSA) is 35.2 Å². The van der Waals surface area contributed by atoms with E-state index in [1.54, 1.807) is 11.3 Å². The second-order valence-corrected chi connectivity index (χ2v) is 3.65. The van der Waals surface area contributed by atoms with Gasteiger partial charge in [0.15, 0.2) is 0 Å². The van der Waals surface area contributed by atoms with Crippen molar-refractivity contribution in [1.82, 2.24) is 0 Å². The number of rotatable bonds is 3.